The van der Waals surface area contributed by atoms with E-state index in [0.717, 1.165) is 16.8 Å². The number of nitrogens with zero attached hydrogens (tertiary/aromatic N) is 5. The molecule has 0 radical (unpaired) electrons. The molecule has 0 aliphatic rings. The normalized spacial score (nSPS) is 10.5. The van der Waals surface area contributed by atoms with Crippen LogP contribution in [0.5, 0.6) is 0 Å². The molecule has 7 nitrogen and oxygen atoms in total. The third-order valence-corrected chi connectivity index (χ3v) is 3.24. The van der Waals surface area contributed by atoms with Crippen LogP contribution in [0.4, 0.5) is 0 Å². The summed E-state index contributed by atoms with van der Waals surface area (Å²) in [4.78, 5) is 17.3. The number of benzene rings is 1. The topological polar surface area (TPSA) is 85.6 Å². The highest BCUT2D eigenvalue weighted by Crippen LogP contribution is 2.13. The van der Waals surface area contributed by atoms with Crippen molar-refractivity contribution in [3.8, 4) is 11.4 Å². The Morgan fingerprint density at radius 2 is 2.00 bits per heavy atom. The molecular weight excluding hydrogens is 292 g/mol. The van der Waals surface area contributed by atoms with Gasteiger partial charge >= 0.3 is 0 Å². The van der Waals surface area contributed by atoms with Crippen LogP contribution in [-0.2, 0) is 17.9 Å². The van der Waals surface area contributed by atoms with Gasteiger partial charge < -0.3 is 5.32 Å². The minimum atomic E-state index is -0.191. The van der Waals surface area contributed by atoms with Crippen molar-refractivity contribution >= 4 is 5.91 Å². The molecule has 0 fully saturated rings. The van der Waals surface area contributed by atoms with Crippen molar-refractivity contribution in [3.63, 3.8) is 0 Å². The molecule has 3 aromatic rings. The van der Waals surface area contributed by atoms with Crippen LogP contribution in [0.1, 0.15) is 11.3 Å². The Morgan fingerprint density at radius 1 is 1.17 bits per heavy atom. The molecule has 0 spiro atoms. The van der Waals surface area contributed by atoms with Crippen LogP contribution in [0, 0.1) is 6.92 Å². The van der Waals surface area contributed by atoms with Gasteiger partial charge in [0.2, 0.25) is 11.7 Å². The molecule has 0 aliphatic carbocycles. The van der Waals surface area contributed by atoms with Gasteiger partial charge in [-0.2, -0.15) is 4.80 Å². The second kappa shape index (κ2) is 6.78. The Bertz CT molecular complexity index is 782. The Labute approximate surface area is 133 Å². The van der Waals surface area contributed by atoms with E-state index in [1.165, 1.54) is 4.80 Å². The van der Waals surface area contributed by atoms with Gasteiger partial charge in [0.15, 0.2) is 0 Å². The van der Waals surface area contributed by atoms with Crippen LogP contribution in [0.25, 0.3) is 11.4 Å². The molecule has 2 heterocycles. The van der Waals surface area contributed by atoms with Gasteiger partial charge in [-0.05, 0) is 24.3 Å². The van der Waals surface area contributed by atoms with Gasteiger partial charge in [0.25, 0.3) is 0 Å². The van der Waals surface area contributed by atoms with E-state index >= 15 is 0 Å². The van der Waals surface area contributed by atoms with Gasteiger partial charge in [0, 0.05) is 11.8 Å². The zero-order valence-electron chi connectivity index (χ0n) is 12.7. The Kier molecular flexibility index (Phi) is 4.37. The number of carbonyl (C=O) groups is 1. The molecule has 7 heteroatoms. The number of hydrogen-bond acceptors (Lipinski definition) is 5. The quantitative estimate of drug-likeness (QED) is 0.769. The van der Waals surface area contributed by atoms with Gasteiger partial charge in [-0.3, -0.25) is 9.78 Å². The molecular formula is C16H16N6O. The summed E-state index contributed by atoms with van der Waals surface area (Å²) in [6.45, 7) is 2.41. The summed E-state index contributed by atoms with van der Waals surface area (Å²) >= 11 is 0. The van der Waals surface area contributed by atoms with E-state index in [-0.39, 0.29) is 12.5 Å². The van der Waals surface area contributed by atoms with E-state index in [9.17, 15) is 4.79 Å². The maximum atomic E-state index is 11.9. The Hall–Kier alpha value is -3.09. The molecule has 0 atom stereocenters. The number of nitrogens with one attached hydrogen (secondary N) is 1. The number of hydrogen-bond donors (Lipinski definition) is 1. The van der Waals surface area contributed by atoms with Crippen molar-refractivity contribution in [1.82, 2.24) is 30.5 Å². The zero-order chi connectivity index (χ0) is 16.1. The summed E-state index contributed by atoms with van der Waals surface area (Å²) < 4.78 is 0. The fraction of sp³-hybridized carbons (Fsp3) is 0.188. The van der Waals surface area contributed by atoms with Crippen LogP contribution < -0.4 is 5.32 Å². The fourth-order valence-corrected chi connectivity index (χ4v) is 2.00. The molecule has 23 heavy (non-hydrogen) atoms. The monoisotopic (exact) mass is 308 g/mol. The van der Waals surface area contributed by atoms with E-state index in [1.54, 1.807) is 6.20 Å². The lowest BCUT2D eigenvalue weighted by Crippen LogP contribution is -2.28. The van der Waals surface area contributed by atoms with Gasteiger partial charge in [0.05, 0.1) is 12.2 Å². The molecule has 0 bridgehead atoms. The first-order valence-corrected chi connectivity index (χ1v) is 7.22. The molecule has 2 aromatic heterocycles. The van der Waals surface area contributed by atoms with Gasteiger partial charge in [-0.1, -0.05) is 35.9 Å². The average molecular weight is 308 g/mol. The summed E-state index contributed by atoms with van der Waals surface area (Å²) in [5.74, 6) is 0.311. The lowest BCUT2D eigenvalue weighted by Gasteiger charge is -2.03. The Morgan fingerprint density at radius 3 is 2.74 bits per heavy atom. The van der Waals surface area contributed by atoms with Gasteiger partial charge in [-0.25, -0.2) is 0 Å². The second-order valence-electron chi connectivity index (χ2n) is 5.11. The van der Waals surface area contributed by atoms with Gasteiger partial charge in [-0.15, -0.1) is 10.2 Å². The smallest absolute Gasteiger partial charge is 0.243 e. The second-order valence-corrected chi connectivity index (χ2v) is 5.11. The molecule has 1 amide bonds. The highest BCUT2D eigenvalue weighted by molar-refractivity contribution is 5.75. The van der Waals surface area contributed by atoms with E-state index < -0.39 is 0 Å². The predicted octanol–water partition coefficient (Wildman–Crippen LogP) is 1.36. The van der Waals surface area contributed by atoms with Crippen LogP contribution in [0.2, 0.25) is 0 Å². The number of rotatable bonds is 5. The molecule has 1 N–H and O–H groups in total. The maximum Gasteiger partial charge on any atom is 0.243 e. The van der Waals surface area contributed by atoms with Crippen molar-refractivity contribution in [2.75, 3.05) is 0 Å². The predicted molar refractivity (Wildman–Crippen MR) is 84.1 cm³/mol. The van der Waals surface area contributed by atoms with Crippen LogP contribution in [-0.4, -0.2) is 31.1 Å². The lowest BCUT2D eigenvalue weighted by atomic mass is 10.1. The van der Waals surface area contributed by atoms with Crippen LogP contribution in [0.15, 0.2) is 48.7 Å². The first-order chi connectivity index (χ1) is 11.2. The molecule has 3 rings (SSSR count). The molecule has 0 unspecified atom stereocenters. The highest BCUT2D eigenvalue weighted by Gasteiger charge is 2.09. The van der Waals surface area contributed by atoms with Crippen molar-refractivity contribution in [3.05, 3.63) is 59.9 Å². The minimum absolute atomic E-state index is 0.0195. The number of amides is 1. The van der Waals surface area contributed by atoms with E-state index in [4.69, 9.17) is 0 Å². The molecule has 116 valence electrons. The molecule has 0 saturated carbocycles. The fourth-order valence-electron chi connectivity index (χ4n) is 2.00. The average Bonchev–Trinajstić information content (AvgIpc) is 3.03. The third kappa shape index (κ3) is 3.97. The first kappa shape index (κ1) is 14.8. The number of aryl methyl sites for hydroxylation is 1. The van der Waals surface area contributed by atoms with Crippen molar-refractivity contribution in [1.29, 1.82) is 0 Å². The van der Waals surface area contributed by atoms with Crippen molar-refractivity contribution in [2.24, 2.45) is 0 Å². The third-order valence-electron chi connectivity index (χ3n) is 3.24. The number of tetrazole rings is 1. The van der Waals surface area contributed by atoms with E-state index in [2.05, 4.69) is 25.7 Å². The largest absolute Gasteiger partial charge is 0.349 e. The number of carbonyl (C=O) groups excluding carboxylic acids is 1. The standard InChI is InChI=1S/C16H16N6O/c1-12-5-7-13(8-6-12)16-19-21-22(20-16)11-15(23)18-10-14-4-2-3-9-17-14/h2-9H,10-11H2,1H3,(H,18,23). The summed E-state index contributed by atoms with van der Waals surface area (Å²) in [5.41, 5.74) is 2.83. The Balaban J connectivity index is 1.58. The first-order valence-electron chi connectivity index (χ1n) is 7.22. The summed E-state index contributed by atoms with van der Waals surface area (Å²) in [6, 6.07) is 13.4. The van der Waals surface area contributed by atoms with Crippen molar-refractivity contribution < 1.29 is 4.79 Å². The van der Waals surface area contributed by atoms with Gasteiger partial charge in [0.1, 0.15) is 6.54 Å². The highest BCUT2D eigenvalue weighted by atomic mass is 16.2. The van der Waals surface area contributed by atoms with Crippen LogP contribution >= 0.6 is 0 Å². The zero-order valence-corrected chi connectivity index (χ0v) is 12.7. The minimum Gasteiger partial charge on any atom is -0.349 e. The number of aromatic nitrogens is 5. The van der Waals surface area contributed by atoms with Crippen LogP contribution in [0.3, 0.4) is 0 Å². The molecule has 1 aromatic carbocycles. The molecule has 0 aliphatic heterocycles. The maximum absolute atomic E-state index is 11.9. The summed E-state index contributed by atoms with van der Waals surface area (Å²) in [5, 5.41) is 14.9. The SMILES string of the molecule is Cc1ccc(-c2nnn(CC(=O)NCc3ccccn3)n2)cc1. The number of pyridine rings is 1. The van der Waals surface area contributed by atoms with E-state index in [0.29, 0.717) is 12.4 Å². The summed E-state index contributed by atoms with van der Waals surface area (Å²) in [6.07, 6.45) is 1.69. The summed E-state index contributed by atoms with van der Waals surface area (Å²) in [7, 11) is 0. The van der Waals surface area contributed by atoms with E-state index in [1.807, 2.05) is 49.4 Å². The molecule has 0 saturated heterocycles. The lowest BCUT2D eigenvalue weighted by molar-refractivity contribution is -0.122. The van der Waals surface area contributed by atoms with Crippen molar-refractivity contribution in [2.45, 2.75) is 20.0 Å².